The minimum Gasteiger partial charge on any atom is -0.481 e. The van der Waals surface area contributed by atoms with Crippen molar-refractivity contribution in [2.75, 3.05) is 0 Å². The van der Waals surface area contributed by atoms with Crippen molar-refractivity contribution in [2.45, 2.75) is 38.5 Å². The molecule has 15 heavy (non-hydrogen) atoms. The van der Waals surface area contributed by atoms with Gasteiger partial charge in [0.2, 0.25) is 5.89 Å². The SMILES string of the molecule is O=C(O)Cc1nc(CC2CCCC2)co1. The maximum Gasteiger partial charge on any atom is 0.312 e. The Morgan fingerprint density at radius 2 is 2.27 bits per heavy atom. The van der Waals surface area contributed by atoms with Crippen LogP contribution in [0.15, 0.2) is 10.7 Å². The van der Waals surface area contributed by atoms with E-state index in [0.29, 0.717) is 11.8 Å². The minimum absolute atomic E-state index is 0.120. The summed E-state index contributed by atoms with van der Waals surface area (Å²) in [5, 5.41) is 8.56. The van der Waals surface area contributed by atoms with Gasteiger partial charge in [0.05, 0.1) is 5.69 Å². The molecule has 0 unspecified atom stereocenters. The Labute approximate surface area is 88.3 Å². The largest absolute Gasteiger partial charge is 0.481 e. The monoisotopic (exact) mass is 209 g/mol. The zero-order valence-corrected chi connectivity index (χ0v) is 8.61. The number of aromatic nitrogens is 1. The predicted molar refractivity (Wildman–Crippen MR) is 53.5 cm³/mol. The Hall–Kier alpha value is -1.32. The van der Waals surface area contributed by atoms with Crippen LogP contribution in [0.2, 0.25) is 0 Å². The van der Waals surface area contributed by atoms with Crippen LogP contribution in [-0.4, -0.2) is 16.1 Å². The number of rotatable bonds is 4. The normalized spacial score (nSPS) is 17.1. The third kappa shape index (κ3) is 2.81. The number of nitrogens with zero attached hydrogens (tertiary/aromatic N) is 1. The standard InChI is InChI=1S/C11H15NO3/c13-11(14)6-10-12-9(7-15-10)5-8-3-1-2-4-8/h7-8H,1-6H2,(H,13,14). The van der Waals surface area contributed by atoms with Gasteiger partial charge in [-0.1, -0.05) is 25.7 Å². The highest BCUT2D eigenvalue weighted by molar-refractivity contribution is 5.68. The molecule has 1 saturated carbocycles. The van der Waals surface area contributed by atoms with Gasteiger partial charge in [0.25, 0.3) is 0 Å². The first-order valence-corrected chi connectivity index (χ1v) is 5.39. The molecule has 0 spiro atoms. The molecular weight excluding hydrogens is 194 g/mol. The Morgan fingerprint density at radius 1 is 1.53 bits per heavy atom. The van der Waals surface area contributed by atoms with Crippen molar-refractivity contribution in [3.63, 3.8) is 0 Å². The summed E-state index contributed by atoms with van der Waals surface area (Å²) in [6.07, 6.45) is 7.56. The van der Waals surface area contributed by atoms with Crippen molar-refractivity contribution in [3.8, 4) is 0 Å². The predicted octanol–water partition coefficient (Wildman–Crippen LogP) is 2.03. The number of oxazole rings is 1. The average Bonchev–Trinajstić information content (AvgIpc) is 2.77. The lowest BCUT2D eigenvalue weighted by Crippen LogP contribution is -2.02. The zero-order valence-electron chi connectivity index (χ0n) is 8.61. The molecule has 1 aromatic heterocycles. The fourth-order valence-corrected chi connectivity index (χ4v) is 2.16. The summed E-state index contributed by atoms with van der Waals surface area (Å²) >= 11 is 0. The van der Waals surface area contributed by atoms with Crippen LogP contribution in [0, 0.1) is 5.92 Å². The van der Waals surface area contributed by atoms with Crippen LogP contribution in [0.5, 0.6) is 0 Å². The molecule has 1 fully saturated rings. The van der Waals surface area contributed by atoms with E-state index in [0.717, 1.165) is 12.1 Å². The Morgan fingerprint density at radius 3 is 2.93 bits per heavy atom. The molecule has 1 aliphatic rings. The second kappa shape index (κ2) is 4.47. The fraction of sp³-hybridized carbons (Fsp3) is 0.636. The lowest BCUT2D eigenvalue weighted by Gasteiger charge is -2.03. The lowest BCUT2D eigenvalue weighted by atomic mass is 10.0. The lowest BCUT2D eigenvalue weighted by molar-refractivity contribution is -0.136. The van der Waals surface area contributed by atoms with E-state index in [1.54, 1.807) is 6.26 Å². The van der Waals surface area contributed by atoms with E-state index in [1.165, 1.54) is 25.7 Å². The highest BCUT2D eigenvalue weighted by atomic mass is 16.4. The number of carbonyl (C=O) groups is 1. The second-order valence-corrected chi connectivity index (χ2v) is 4.16. The van der Waals surface area contributed by atoms with Gasteiger partial charge >= 0.3 is 5.97 Å². The Balaban J connectivity index is 1.91. The summed E-state index contributed by atoms with van der Waals surface area (Å²) in [5.74, 6) is 0.132. The van der Waals surface area contributed by atoms with Crippen LogP contribution in [-0.2, 0) is 17.6 Å². The first kappa shape index (κ1) is 10.2. The quantitative estimate of drug-likeness (QED) is 0.824. The third-order valence-electron chi connectivity index (χ3n) is 2.87. The molecule has 1 aromatic rings. The van der Waals surface area contributed by atoms with Crippen molar-refractivity contribution < 1.29 is 14.3 Å². The number of hydrogen-bond acceptors (Lipinski definition) is 3. The van der Waals surface area contributed by atoms with Crippen LogP contribution < -0.4 is 0 Å². The Kier molecular flexibility index (Phi) is 3.04. The van der Waals surface area contributed by atoms with Crippen molar-refractivity contribution in [1.82, 2.24) is 4.98 Å². The number of hydrogen-bond donors (Lipinski definition) is 1. The highest BCUT2D eigenvalue weighted by Gasteiger charge is 2.17. The van der Waals surface area contributed by atoms with Gasteiger partial charge in [-0.2, -0.15) is 0 Å². The van der Waals surface area contributed by atoms with Crippen molar-refractivity contribution >= 4 is 5.97 Å². The molecule has 2 rings (SSSR count). The summed E-state index contributed by atoms with van der Waals surface area (Å²) in [6.45, 7) is 0. The molecule has 0 amide bonds. The van der Waals surface area contributed by atoms with Crippen LogP contribution in [0.4, 0.5) is 0 Å². The molecule has 1 N–H and O–H groups in total. The molecule has 4 heteroatoms. The highest BCUT2D eigenvalue weighted by Crippen LogP contribution is 2.27. The van der Waals surface area contributed by atoms with E-state index in [2.05, 4.69) is 4.98 Å². The summed E-state index contributed by atoms with van der Waals surface area (Å²) in [5.41, 5.74) is 0.901. The van der Waals surface area contributed by atoms with Gasteiger partial charge in [0.15, 0.2) is 0 Å². The number of carboxylic acids is 1. The molecule has 0 saturated heterocycles. The Bertz CT molecular complexity index is 339. The van der Waals surface area contributed by atoms with Gasteiger partial charge in [0.1, 0.15) is 12.7 Å². The van der Waals surface area contributed by atoms with E-state index < -0.39 is 5.97 Å². The van der Waals surface area contributed by atoms with Crippen LogP contribution in [0.1, 0.15) is 37.3 Å². The molecule has 0 aliphatic heterocycles. The van der Waals surface area contributed by atoms with Crippen molar-refractivity contribution in [3.05, 3.63) is 17.8 Å². The van der Waals surface area contributed by atoms with Gasteiger partial charge in [-0.15, -0.1) is 0 Å². The number of aliphatic carboxylic acids is 1. The van der Waals surface area contributed by atoms with E-state index in [-0.39, 0.29) is 6.42 Å². The van der Waals surface area contributed by atoms with Gasteiger partial charge in [0, 0.05) is 0 Å². The smallest absolute Gasteiger partial charge is 0.312 e. The first-order chi connectivity index (χ1) is 7.24. The summed E-state index contributed by atoms with van der Waals surface area (Å²) < 4.78 is 5.09. The van der Waals surface area contributed by atoms with Gasteiger partial charge < -0.3 is 9.52 Å². The average molecular weight is 209 g/mol. The summed E-state index contributed by atoms with van der Waals surface area (Å²) in [7, 11) is 0. The number of carboxylic acid groups (broad SMARTS) is 1. The van der Waals surface area contributed by atoms with Crippen LogP contribution in [0.3, 0.4) is 0 Å². The van der Waals surface area contributed by atoms with Crippen molar-refractivity contribution in [2.24, 2.45) is 5.92 Å². The van der Waals surface area contributed by atoms with Gasteiger partial charge in [-0.3, -0.25) is 4.79 Å². The molecule has 1 aliphatic carbocycles. The van der Waals surface area contributed by atoms with E-state index in [4.69, 9.17) is 9.52 Å². The molecular formula is C11H15NO3. The molecule has 1 heterocycles. The van der Waals surface area contributed by atoms with E-state index in [1.807, 2.05) is 0 Å². The maximum absolute atomic E-state index is 10.4. The van der Waals surface area contributed by atoms with Gasteiger partial charge in [-0.25, -0.2) is 4.98 Å². The minimum atomic E-state index is -0.899. The molecule has 0 aromatic carbocycles. The van der Waals surface area contributed by atoms with E-state index >= 15 is 0 Å². The van der Waals surface area contributed by atoms with E-state index in [9.17, 15) is 4.79 Å². The van der Waals surface area contributed by atoms with Crippen LogP contribution >= 0.6 is 0 Å². The third-order valence-corrected chi connectivity index (χ3v) is 2.87. The summed E-state index contributed by atoms with van der Waals surface area (Å²) in [6, 6.07) is 0. The summed E-state index contributed by atoms with van der Waals surface area (Å²) in [4.78, 5) is 14.6. The molecule has 4 nitrogen and oxygen atoms in total. The fourth-order valence-electron chi connectivity index (χ4n) is 2.16. The first-order valence-electron chi connectivity index (χ1n) is 5.39. The molecule has 0 atom stereocenters. The molecule has 0 radical (unpaired) electrons. The maximum atomic E-state index is 10.4. The molecule has 0 bridgehead atoms. The molecule has 82 valence electrons. The van der Waals surface area contributed by atoms with Crippen LogP contribution in [0.25, 0.3) is 0 Å². The zero-order chi connectivity index (χ0) is 10.7. The van der Waals surface area contributed by atoms with Crippen molar-refractivity contribution in [1.29, 1.82) is 0 Å². The van der Waals surface area contributed by atoms with Gasteiger partial charge in [-0.05, 0) is 12.3 Å². The topological polar surface area (TPSA) is 63.3 Å². The second-order valence-electron chi connectivity index (χ2n) is 4.16.